The number of phenols is 1. The second-order valence-corrected chi connectivity index (χ2v) is 8.36. The molecule has 0 unspecified atom stereocenters. The number of methoxy groups -OCH3 is 1. The number of hydrogen-bond donors (Lipinski definition) is 1. The van der Waals surface area contributed by atoms with Gasteiger partial charge in [-0.25, -0.2) is 4.98 Å². The Morgan fingerprint density at radius 3 is 2.72 bits per heavy atom. The van der Waals surface area contributed by atoms with Crippen molar-refractivity contribution in [1.82, 2.24) is 9.88 Å². The average Bonchev–Trinajstić information content (AvgIpc) is 2.74. The number of fused-ring (bicyclic) bond motifs is 5. The monoisotopic (exact) mass is 448 g/mol. The highest BCUT2D eigenvalue weighted by Crippen LogP contribution is 2.44. The van der Waals surface area contributed by atoms with Crippen LogP contribution in [0.25, 0.3) is 32.9 Å². The number of halogens is 1. The van der Waals surface area contributed by atoms with E-state index in [0.29, 0.717) is 10.2 Å². The number of aromatic hydroxyl groups is 1. The van der Waals surface area contributed by atoms with Crippen molar-refractivity contribution >= 4 is 37.6 Å². The van der Waals surface area contributed by atoms with Gasteiger partial charge in [0.2, 0.25) is 0 Å². The van der Waals surface area contributed by atoms with E-state index >= 15 is 0 Å². The van der Waals surface area contributed by atoms with Gasteiger partial charge in [0.05, 0.1) is 22.8 Å². The number of likely N-dealkylation sites (N-methyl/N-ethyl adjacent to an activating group) is 1. The lowest BCUT2D eigenvalue weighted by atomic mass is 9.89. The maximum absolute atomic E-state index is 10.5. The van der Waals surface area contributed by atoms with E-state index in [-0.39, 0.29) is 5.75 Å². The molecule has 2 heterocycles. The third kappa shape index (κ3) is 2.88. The molecule has 1 aromatic heterocycles. The Labute approximate surface area is 177 Å². The number of rotatable bonds is 2. The summed E-state index contributed by atoms with van der Waals surface area (Å²) in [6.07, 6.45) is 0.978. The number of phenolic OH excluding ortho intramolecular Hbond substituents is 1. The van der Waals surface area contributed by atoms with Crippen LogP contribution < -0.4 is 4.74 Å². The van der Waals surface area contributed by atoms with Crippen LogP contribution in [-0.4, -0.2) is 35.7 Å². The number of nitrogens with zero attached hydrogens (tertiary/aromatic N) is 2. The first-order valence-corrected chi connectivity index (χ1v) is 10.5. The highest BCUT2D eigenvalue weighted by Gasteiger charge is 2.25. The second kappa shape index (κ2) is 7.01. The molecule has 3 aromatic carbocycles. The predicted octanol–water partition coefficient (Wildman–Crippen LogP) is 5.52. The summed E-state index contributed by atoms with van der Waals surface area (Å²) in [4.78, 5) is 7.41. The highest BCUT2D eigenvalue weighted by atomic mass is 79.9. The molecule has 1 aliphatic rings. The second-order valence-electron chi connectivity index (χ2n) is 7.56. The van der Waals surface area contributed by atoms with Crippen LogP contribution in [0.1, 0.15) is 11.1 Å². The largest absolute Gasteiger partial charge is 0.503 e. The summed E-state index contributed by atoms with van der Waals surface area (Å²) in [6.45, 7) is 1.85. The minimum Gasteiger partial charge on any atom is -0.503 e. The van der Waals surface area contributed by atoms with Gasteiger partial charge in [-0.1, -0.05) is 30.3 Å². The molecule has 0 fully saturated rings. The van der Waals surface area contributed by atoms with Crippen molar-refractivity contribution in [3.8, 4) is 22.8 Å². The van der Waals surface area contributed by atoms with Crippen LogP contribution in [0.4, 0.5) is 0 Å². The molecule has 4 aromatic rings. The third-order valence-electron chi connectivity index (χ3n) is 5.82. The summed E-state index contributed by atoms with van der Waals surface area (Å²) in [6, 6.07) is 16.5. The fourth-order valence-electron chi connectivity index (χ4n) is 4.37. The number of hydrogen-bond acceptors (Lipinski definition) is 4. The Morgan fingerprint density at radius 2 is 1.90 bits per heavy atom. The highest BCUT2D eigenvalue weighted by molar-refractivity contribution is 9.10. The van der Waals surface area contributed by atoms with E-state index in [0.717, 1.165) is 36.3 Å². The van der Waals surface area contributed by atoms with Crippen LogP contribution >= 0.6 is 15.9 Å². The maximum Gasteiger partial charge on any atom is 0.172 e. The van der Waals surface area contributed by atoms with Crippen molar-refractivity contribution in [2.45, 2.75) is 13.0 Å². The molecule has 0 saturated heterocycles. The van der Waals surface area contributed by atoms with Crippen molar-refractivity contribution in [2.24, 2.45) is 0 Å². The van der Waals surface area contributed by atoms with E-state index in [2.05, 4.69) is 64.3 Å². The third-order valence-corrected chi connectivity index (χ3v) is 6.62. The zero-order chi connectivity index (χ0) is 20.1. The molecule has 146 valence electrons. The standard InChI is InChI=1S/C24H21BrN2O2/c1-27-12-11-16-18(13-27)23(17-8-10-20(29-2)24(28)22(17)25)26-19-9-7-14-5-3-4-6-15(14)21(16)19/h3-10,28H,11-13H2,1-2H3. The smallest absolute Gasteiger partial charge is 0.172 e. The van der Waals surface area contributed by atoms with Gasteiger partial charge in [0.1, 0.15) is 0 Å². The van der Waals surface area contributed by atoms with Gasteiger partial charge in [-0.2, -0.15) is 0 Å². The quantitative estimate of drug-likeness (QED) is 0.410. The zero-order valence-corrected chi connectivity index (χ0v) is 18.0. The Morgan fingerprint density at radius 1 is 1.07 bits per heavy atom. The van der Waals surface area contributed by atoms with Gasteiger partial charge < -0.3 is 14.7 Å². The van der Waals surface area contributed by atoms with Gasteiger partial charge in [0.25, 0.3) is 0 Å². The fraction of sp³-hybridized carbons (Fsp3) is 0.208. The first-order valence-electron chi connectivity index (χ1n) is 9.66. The molecule has 0 amide bonds. The van der Waals surface area contributed by atoms with Crippen molar-refractivity contribution in [3.05, 3.63) is 64.1 Å². The lowest BCUT2D eigenvalue weighted by Gasteiger charge is -2.28. The molecule has 4 nitrogen and oxygen atoms in total. The van der Waals surface area contributed by atoms with Crippen molar-refractivity contribution in [3.63, 3.8) is 0 Å². The minimum atomic E-state index is 0.100. The average molecular weight is 449 g/mol. The molecule has 29 heavy (non-hydrogen) atoms. The Bertz CT molecular complexity index is 1270. The van der Waals surface area contributed by atoms with Gasteiger partial charge in [0, 0.05) is 24.0 Å². The topological polar surface area (TPSA) is 45.6 Å². The molecule has 0 aliphatic carbocycles. The molecule has 1 aliphatic heterocycles. The van der Waals surface area contributed by atoms with Gasteiger partial charge in [-0.05, 0) is 69.5 Å². The first-order chi connectivity index (χ1) is 14.1. The molecular weight excluding hydrogens is 428 g/mol. The summed E-state index contributed by atoms with van der Waals surface area (Å²) < 4.78 is 5.87. The summed E-state index contributed by atoms with van der Waals surface area (Å²) in [5.74, 6) is 0.543. The normalized spacial score (nSPS) is 14.3. The fourth-order valence-corrected chi connectivity index (χ4v) is 4.88. The summed E-state index contributed by atoms with van der Waals surface area (Å²) >= 11 is 3.57. The van der Waals surface area contributed by atoms with Crippen LogP contribution in [-0.2, 0) is 13.0 Å². The van der Waals surface area contributed by atoms with E-state index < -0.39 is 0 Å². The number of aromatic nitrogens is 1. The lowest BCUT2D eigenvalue weighted by Crippen LogP contribution is -2.27. The van der Waals surface area contributed by atoms with Crippen LogP contribution in [0.2, 0.25) is 0 Å². The van der Waals surface area contributed by atoms with Gasteiger partial charge in [-0.3, -0.25) is 0 Å². The Hall–Kier alpha value is -2.63. The van der Waals surface area contributed by atoms with E-state index in [1.54, 1.807) is 13.2 Å². The molecular formula is C24H21BrN2O2. The van der Waals surface area contributed by atoms with E-state index in [1.165, 1.54) is 27.3 Å². The zero-order valence-electron chi connectivity index (χ0n) is 16.4. The summed E-state index contributed by atoms with van der Waals surface area (Å²) in [5, 5.41) is 14.3. The molecule has 0 saturated carbocycles. The van der Waals surface area contributed by atoms with Gasteiger partial charge >= 0.3 is 0 Å². The van der Waals surface area contributed by atoms with E-state index in [9.17, 15) is 5.11 Å². The molecule has 5 rings (SSSR count). The Kier molecular flexibility index (Phi) is 4.45. The molecule has 0 radical (unpaired) electrons. The van der Waals surface area contributed by atoms with Crippen molar-refractivity contribution in [1.29, 1.82) is 0 Å². The lowest BCUT2D eigenvalue weighted by molar-refractivity contribution is 0.314. The molecule has 0 bridgehead atoms. The molecule has 1 N–H and O–H groups in total. The van der Waals surface area contributed by atoms with Gasteiger partial charge in [-0.15, -0.1) is 0 Å². The van der Waals surface area contributed by atoms with Crippen LogP contribution in [0.15, 0.2) is 53.0 Å². The van der Waals surface area contributed by atoms with Crippen molar-refractivity contribution < 1.29 is 9.84 Å². The summed E-state index contributed by atoms with van der Waals surface area (Å²) in [5.41, 5.74) is 5.38. The molecule has 0 spiro atoms. The Balaban J connectivity index is 1.87. The number of ether oxygens (including phenoxy) is 1. The SMILES string of the molecule is COc1ccc(-c2nc3ccc4ccccc4c3c3c2CN(C)CC3)c(Br)c1O. The minimum absolute atomic E-state index is 0.100. The molecule has 0 atom stereocenters. The molecule has 5 heteroatoms. The summed E-state index contributed by atoms with van der Waals surface area (Å²) in [7, 11) is 3.69. The van der Waals surface area contributed by atoms with Gasteiger partial charge in [0.15, 0.2) is 11.5 Å². The first kappa shape index (κ1) is 18.4. The predicted molar refractivity (Wildman–Crippen MR) is 121 cm³/mol. The van der Waals surface area contributed by atoms with Crippen LogP contribution in [0, 0.1) is 0 Å². The van der Waals surface area contributed by atoms with E-state index in [1.807, 2.05) is 6.07 Å². The number of pyridine rings is 1. The maximum atomic E-state index is 10.5. The van der Waals surface area contributed by atoms with Crippen LogP contribution in [0.5, 0.6) is 11.5 Å². The van der Waals surface area contributed by atoms with Crippen LogP contribution in [0.3, 0.4) is 0 Å². The van der Waals surface area contributed by atoms with Crippen molar-refractivity contribution in [2.75, 3.05) is 20.7 Å². The van der Waals surface area contributed by atoms with E-state index in [4.69, 9.17) is 9.72 Å². The number of benzene rings is 3.